The zero-order chi connectivity index (χ0) is 11.6. The summed E-state index contributed by atoms with van der Waals surface area (Å²) >= 11 is 0. The standard InChI is InChI=1S/C8H11NO6/c1-14-5-6(15-2)8(13)9(7(5)12)3-4(10)11/h5-6H,3H2,1-2H3,(H,10,11). The molecule has 2 atom stereocenters. The molecule has 0 aromatic rings. The number of rotatable bonds is 4. The first kappa shape index (κ1) is 11.6. The number of carboxylic acids is 1. The van der Waals surface area contributed by atoms with Crippen molar-refractivity contribution in [1.29, 1.82) is 0 Å². The Balaban J connectivity index is 2.88. The number of carboxylic acid groups (broad SMARTS) is 1. The molecular formula is C8H11NO6. The molecule has 0 radical (unpaired) electrons. The van der Waals surface area contributed by atoms with Crippen LogP contribution in [0.3, 0.4) is 0 Å². The Hall–Kier alpha value is -1.47. The molecule has 0 aromatic carbocycles. The van der Waals surface area contributed by atoms with Gasteiger partial charge in [0.15, 0.2) is 12.2 Å². The van der Waals surface area contributed by atoms with E-state index in [0.29, 0.717) is 4.90 Å². The van der Waals surface area contributed by atoms with Crippen LogP contribution < -0.4 is 0 Å². The molecule has 0 aliphatic carbocycles. The van der Waals surface area contributed by atoms with Gasteiger partial charge in [-0.2, -0.15) is 0 Å². The van der Waals surface area contributed by atoms with Gasteiger partial charge in [0.1, 0.15) is 6.54 Å². The number of nitrogens with zero attached hydrogens (tertiary/aromatic N) is 1. The van der Waals surface area contributed by atoms with Crippen molar-refractivity contribution in [1.82, 2.24) is 4.90 Å². The van der Waals surface area contributed by atoms with Gasteiger partial charge in [0.2, 0.25) is 0 Å². The van der Waals surface area contributed by atoms with E-state index in [1.165, 1.54) is 14.2 Å². The highest BCUT2D eigenvalue weighted by Crippen LogP contribution is 2.18. The van der Waals surface area contributed by atoms with E-state index in [0.717, 1.165) is 0 Å². The van der Waals surface area contributed by atoms with Crippen LogP contribution in [0.5, 0.6) is 0 Å². The summed E-state index contributed by atoms with van der Waals surface area (Å²) in [6, 6.07) is 0. The van der Waals surface area contributed by atoms with Crippen LogP contribution in [-0.2, 0) is 23.9 Å². The van der Waals surface area contributed by atoms with E-state index in [-0.39, 0.29) is 0 Å². The molecule has 7 heteroatoms. The average molecular weight is 217 g/mol. The van der Waals surface area contributed by atoms with E-state index < -0.39 is 36.5 Å². The zero-order valence-corrected chi connectivity index (χ0v) is 8.30. The summed E-state index contributed by atoms with van der Waals surface area (Å²) < 4.78 is 9.56. The van der Waals surface area contributed by atoms with E-state index in [2.05, 4.69) is 0 Å². The lowest BCUT2D eigenvalue weighted by atomic mass is 10.2. The Labute approximate surface area is 85.6 Å². The Bertz CT molecular complexity index is 280. The summed E-state index contributed by atoms with van der Waals surface area (Å²) in [6.45, 7) is -0.669. The van der Waals surface area contributed by atoms with Crippen molar-refractivity contribution >= 4 is 17.8 Å². The first-order chi connectivity index (χ1) is 7.02. The van der Waals surface area contributed by atoms with E-state index in [1.807, 2.05) is 0 Å². The van der Waals surface area contributed by atoms with Crippen molar-refractivity contribution in [3.05, 3.63) is 0 Å². The molecule has 2 unspecified atom stereocenters. The minimum Gasteiger partial charge on any atom is -0.480 e. The van der Waals surface area contributed by atoms with Crippen molar-refractivity contribution in [2.24, 2.45) is 0 Å². The van der Waals surface area contributed by atoms with Gasteiger partial charge in [0, 0.05) is 14.2 Å². The van der Waals surface area contributed by atoms with Gasteiger partial charge in [-0.05, 0) is 0 Å². The third kappa shape index (κ3) is 1.97. The molecule has 1 heterocycles. The van der Waals surface area contributed by atoms with Crippen LogP contribution in [0.4, 0.5) is 0 Å². The summed E-state index contributed by atoms with van der Waals surface area (Å²) in [5.41, 5.74) is 0. The number of methoxy groups -OCH3 is 2. The van der Waals surface area contributed by atoms with Crippen molar-refractivity contribution in [3.63, 3.8) is 0 Å². The lowest BCUT2D eigenvalue weighted by Gasteiger charge is -2.10. The Morgan fingerprint density at radius 2 is 1.67 bits per heavy atom. The van der Waals surface area contributed by atoms with Crippen molar-refractivity contribution < 1.29 is 29.0 Å². The maximum atomic E-state index is 11.5. The second-order valence-electron chi connectivity index (χ2n) is 2.97. The number of hydrogen-bond acceptors (Lipinski definition) is 5. The summed E-state index contributed by atoms with van der Waals surface area (Å²) in [5, 5.41) is 8.50. The third-order valence-electron chi connectivity index (χ3n) is 2.10. The number of carbonyl (C=O) groups is 3. The predicted molar refractivity (Wildman–Crippen MR) is 45.9 cm³/mol. The molecule has 1 rings (SSSR count). The monoisotopic (exact) mass is 217 g/mol. The summed E-state index contributed by atoms with van der Waals surface area (Å²) in [5.74, 6) is -2.63. The molecule has 1 fully saturated rings. The number of likely N-dealkylation sites (tertiary alicyclic amines) is 1. The van der Waals surface area contributed by atoms with E-state index in [1.54, 1.807) is 0 Å². The number of aliphatic carboxylic acids is 1. The fourth-order valence-electron chi connectivity index (χ4n) is 1.41. The first-order valence-electron chi connectivity index (χ1n) is 4.15. The molecule has 1 saturated heterocycles. The maximum Gasteiger partial charge on any atom is 0.323 e. The van der Waals surface area contributed by atoms with Gasteiger partial charge < -0.3 is 14.6 Å². The molecular weight excluding hydrogens is 206 g/mol. The average Bonchev–Trinajstić information content (AvgIpc) is 2.40. The summed E-state index contributed by atoms with van der Waals surface area (Å²) in [7, 11) is 2.51. The number of imide groups is 1. The Morgan fingerprint density at radius 1 is 1.27 bits per heavy atom. The summed E-state index contributed by atoms with van der Waals surface area (Å²) in [6.07, 6.45) is -2.11. The van der Waals surface area contributed by atoms with E-state index >= 15 is 0 Å². The summed E-state index contributed by atoms with van der Waals surface area (Å²) in [4.78, 5) is 34.0. The van der Waals surface area contributed by atoms with Crippen molar-refractivity contribution in [3.8, 4) is 0 Å². The topological polar surface area (TPSA) is 93.1 Å². The molecule has 84 valence electrons. The van der Waals surface area contributed by atoms with Crippen LogP contribution in [0, 0.1) is 0 Å². The highest BCUT2D eigenvalue weighted by Gasteiger charge is 2.49. The van der Waals surface area contributed by atoms with Gasteiger partial charge in [-0.15, -0.1) is 0 Å². The van der Waals surface area contributed by atoms with Gasteiger partial charge in [-0.25, -0.2) is 0 Å². The van der Waals surface area contributed by atoms with Gasteiger partial charge in [-0.3, -0.25) is 19.3 Å². The quantitative estimate of drug-likeness (QED) is 0.574. The predicted octanol–water partition coefficient (Wildman–Crippen LogP) is -1.53. The van der Waals surface area contributed by atoms with Gasteiger partial charge >= 0.3 is 5.97 Å². The number of ether oxygens (including phenoxy) is 2. The molecule has 0 spiro atoms. The lowest BCUT2D eigenvalue weighted by molar-refractivity contribution is -0.150. The molecule has 0 bridgehead atoms. The molecule has 0 aromatic heterocycles. The lowest BCUT2D eigenvalue weighted by Crippen LogP contribution is -2.36. The molecule has 0 saturated carbocycles. The fraction of sp³-hybridized carbons (Fsp3) is 0.625. The largest absolute Gasteiger partial charge is 0.480 e. The minimum absolute atomic E-state index is 0.616. The number of hydrogen-bond donors (Lipinski definition) is 1. The Morgan fingerprint density at radius 3 is 1.93 bits per heavy atom. The smallest absolute Gasteiger partial charge is 0.323 e. The maximum absolute atomic E-state index is 11.5. The SMILES string of the molecule is COC1C(=O)N(CC(=O)O)C(=O)C1OC. The van der Waals surface area contributed by atoms with Crippen LogP contribution in [0.2, 0.25) is 0 Å². The second kappa shape index (κ2) is 4.37. The molecule has 1 aliphatic rings. The third-order valence-corrected chi connectivity index (χ3v) is 2.10. The molecule has 2 amide bonds. The van der Waals surface area contributed by atoms with Crippen LogP contribution in [-0.4, -0.2) is 60.8 Å². The van der Waals surface area contributed by atoms with E-state index in [4.69, 9.17) is 14.6 Å². The van der Waals surface area contributed by atoms with Crippen LogP contribution in [0.15, 0.2) is 0 Å². The molecule has 1 aliphatic heterocycles. The van der Waals surface area contributed by atoms with Gasteiger partial charge in [0.25, 0.3) is 11.8 Å². The van der Waals surface area contributed by atoms with Crippen LogP contribution >= 0.6 is 0 Å². The highest BCUT2D eigenvalue weighted by atomic mass is 16.5. The fourth-order valence-corrected chi connectivity index (χ4v) is 1.41. The zero-order valence-electron chi connectivity index (χ0n) is 8.30. The minimum atomic E-state index is -1.26. The first-order valence-corrected chi connectivity index (χ1v) is 4.15. The number of carbonyl (C=O) groups excluding carboxylic acids is 2. The van der Waals surface area contributed by atoms with Crippen LogP contribution in [0.1, 0.15) is 0 Å². The van der Waals surface area contributed by atoms with Crippen molar-refractivity contribution in [2.75, 3.05) is 20.8 Å². The van der Waals surface area contributed by atoms with Gasteiger partial charge in [0.05, 0.1) is 0 Å². The Kier molecular flexibility index (Phi) is 3.38. The van der Waals surface area contributed by atoms with Crippen LogP contribution in [0.25, 0.3) is 0 Å². The van der Waals surface area contributed by atoms with E-state index in [9.17, 15) is 14.4 Å². The molecule has 15 heavy (non-hydrogen) atoms. The number of amides is 2. The van der Waals surface area contributed by atoms with Crippen molar-refractivity contribution in [2.45, 2.75) is 12.2 Å². The normalized spacial score (nSPS) is 26.1. The molecule has 7 nitrogen and oxygen atoms in total. The highest BCUT2D eigenvalue weighted by molar-refractivity contribution is 6.09. The molecule has 1 N–H and O–H groups in total. The van der Waals surface area contributed by atoms with Gasteiger partial charge in [-0.1, -0.05) is 0 Å². The second-order valence-corrected chi connectivity index (χ2v) is 2.97.